The van der Waals surface area contributed by atoms with Crippen LogP contribution in [0.15, 0.2) is 0 Å². The summed E-state index contributed by atoms with van der Waals surface area (Å²) < 4.78 is 5.14. The summed E-state index contributed by atoms with van der Waals surface area (Å²) in [5.74, 6) is 0.670. The lowest BCUT2D eigenvalue weighted by Crippen LogP contribution is -2.41. The van der Waals surface area contributed by atoms with E-state index < -0.39 is 0 Å². The molecule has 2 atom stereocenters. The molecule has 1 rings (SSSR count). The molecule has 1 N–H and O–H groups in total. The second-order valence-electron chi connectivity index (χ2n) is 2.49. The number of nitrogens with one attached hydrogen (secondary N) is 1. The molecule has 8 heavy (non-hydrogen) atoms. The van der Waals surface area contributed by atoms with Gasteiger partial charge in [-0.15, -0.1) is 0 Å². The van der Waals surface area contributed by atoms with Crippen LogP contribution in [-0.4, -0.2) is 19.4 Å². The first-order valence-corrected chi connectivity index (χ1v) is 3.12. The van der Waals surface area contributed by atoms with E-state index in [0.29, 0.717) is 12.0 Å². The molecule has 0 radical (unpaired) electrons. The van der Waals surface area contributed by atoms with Crippen LogP contribution in [0.4, 0.5) is 0 Å². The highest BCUT2D eigenvalue weighted by Crippen LogP contribution is 2.05. The maximum atomic E-state index is 5.14. The van der Waals surface area contributed by atoms with E-state index in [-0.39, 0.29) is 0 Å². The largest absolute Gasteiger partial charge is 0.366 e. The van der Waals surface area contributed by atoms with E-state index in [4.69, 9.17) is 4.74 Å². The van der Waals surface area contributed by atoms with Crippen molar-refractivity contribution in [3.8, 4) is 0 Å². The molecule has 0 aliphatic carbocycles. The SMILES string of the molecule is C[C@@H]1COCN[C@H]1C. The standard InChI is InChI=1S/C6H13NO/c1-5-3-8-4-7-6(5)2/h5-7H,3-4H2,1-2H3/t5-,6+/m1/s1. The fraction of sp³-hybridized carbons (Fsp3) is 1.00. The van der Waals surface area contributed by atoms with E-state index in [0.717, 1.165) is 13.3 Å². The average molecular weight is 115 g/mol. The molecule has 48 valence electrons. The van der Waals surface area contributed by atoms with Gasteiger partial charge in [0.15, 0.2) is 0 Å². The molecule has 0 spiro atoms. The predicted molar refractivity (Wildman–Crippen MR) is 32.6 cm³/mol. The Morgan fingerprint density at radius 3 is 2.62 bits per heavy atom. The summed E-state index contributed by atoms with van der Waals surface area (Å²) in [6.07, 6.45) is 0. The van der Waals surface area contributed by atoms with Crippen LogP contribution in [0, 0.1) is 5.92 Å². The summed E-state index contributed by atoms with van der Waals surface area (Å²) in [7, 11) is 0. The fourth-order valence-electron chi connectivity index (χ4n) is 0.781. The molecule has 0 aromatic heterocycles. The summed E-state index contributed by atoms with van der Waals surface area (Å²) in [6, 6.07) is 0.628. The van der Waals surface area contributed by atoms with Crippen molar-refractivity contribution >= 4 is 0 Å². The van der Waals surface area contributed by atoms with E-state index in [1.165, 1.54) is 0 Å². The highest BCUT2D eigenvalue weighted by Gasteiger charge is 2.15. The van der Waals surface area contributed by atoms with Crippen LogP contribution in [0.5, 0.6) is 0 Å². The molecule has 1 saturated heterocycles. The van der Waals surface area contributed by atoms with Crippen LogP contribution in [0.2, 0.25) is 0 Å². The Hall–Kier alpha value is -0.0800. The molecular weight excluding hydrogens is 102 g/mol. The maximum absolute atomic E-state index is 5.14. The highest BCUT2D eigenvalue weighted by molar-refractivity contribution is 4.69. The molecule has 0 saturated carbocycles. The van der Waals surface area contributed by atoms with Gasteiger partial charge in [0.25, 0.3) is 0 Å². The monoisotopic (exact) mass is 115 g/mol. The Labute approximate surface area is 50.2 Å². The van der Waals surface area contributed by atoms with Crippen molar-refractivity contribution in [2.45, 2.75) is 19.9 Å². The van der Waals surface area contributed by atoms with E-state index in [9.17, 15) is 0 Å². The molecule has 0 aromatic rings. The normalized spacial score (nSPS) is 39.8. The molecule has 0 bridgehead atoms. The average Bonchev–Trinajstić information content (AvgIpc) is 1.77. The summed E-state index contributed by atoms with van der Waals surface area (Å²) in [5.41, 5.74) is 0. The molecular formula is C6H13NO. The zero-order chi connectivity index (χ0) is 5.98. The number of rotatable bonds is 0. The molecule has 0 aromatic carbocycles. The summed E-state index contributed by atoms with van der Waals surface area (Å²) in [6.45, 7) is 6.02. The summed E-state index contributed by atoms with van der Waals surface area (Å²) in [5, 5.41) is 3.21. The van der Waals surface area contributed by atoms with Crippen LogP contribution in [0.25, 0.3) is 0 Å². The molecule has 0 unspecified atom stereocenters. The van der Waals surface area contributed by atoms with Gasteiger partial charge < -0.3 is 4.74 Å². The summed E-state index contributed by atoms with van der Waals surface area (Å²) in [4.78, 5) is 0. The van der Waals surface area contributed by atoms with E-state index in [2.05, 4.69) is 19.2 Å². The summed E-state index contributed by atoms with van der Waals surface area (Å²) >= 11 is 0. The Kier molecular flexibility index (Phi) is 1.86. The Bertz CT molecular complexity index is 64.9. The second-order valence-corrected chi connectivity index (χ2v) is 2.49. The number of hydrogen-bond acceptors (Lipinski definition) is 2. The first kappa shape index (κ1) is 6.05. The van der Waals surface area contributed by atoms with Gasteiger partial charge in [0.1, 0.15) is 0 Å². The third-order valence-electron chi connectivity index (χ3n) is 1.74. The van der Waals surface area contributed by atoms with Gasteiger partial charge in [-0.25, -0.2) is 0 Å². The third kappa shape index (κ3) is 1.20. The topological polar surface area (TPSA) is 21.3 Å². The van der Waals surface area contributed by atoms with Crippen molar-refractivity contribution in [1.82, 2.24) is 5.32 Å². The zero-order valence-corrected chi connectivity index (χ0v) is 5.48. The van der Waals surface area contributed by atoms with Crippen LogP contribution in [0.3, 0.4) is 0 Å². The van der Waals surface area contributed by atoms with Crippen molar-refractivity contribution in [2.24, 2.45) is 5.92 Å². The molecule has 1 aliphatic heterocycles. The smallest absolute Gasteiger partial charge is 0.0967 e. The van der Waals surface area contributed by atoms with Crippen molar-refractivity contribution in [1.29, 1.82) is 0 Å². The Balaban J connectivity index is 2.28. The molecule has 2 nitrogen and oxygen atoms in total. The van der Waals surface area contributed by atoms with Gasteiger partial charge in [-0.3, -0.25) is 5.32 Å². The van der Waals surface area contributed by atoms with Crippen molar-refractivity contribution in [3.05, 3.63) is 0 Å². The molecule has 0 amide bonds. The Morgan fingerprint density at radius 2 is 2.25 bits per heavy atom. The second kappa shape index (κ2) is 2.46. The minimum Gasteiger partial charge on any atom is -0.366 e. The van der Waals surface area contributed by atoms with Crippen molar-refractivity contribution < 1.29 is 4.74 Å². The fourth-order valence-corrected chi connectivity index (χ4v) is 0.781. The van der Waals surface area contributed by atoms with Crippen LogP contribution >= 0.6 is 0 Å². The van der Waals surface area contributed by atoms with Gasteiger partial charge in [0.2, 0.25) is 0 Å². The van der Waals surface area contributed by atoms with Gasteiger partial charge in [0, 0.05) is 6.04 Å². The van der Waals surface area contributed by atoms with E-state index >= 15 is 0 Å². The van der Waals surface area contributed by atoms with E-state index in [1.807, 2.05) is 0 Å². The minimum atomic E-state index is 0.628. The number of ether oxygens (including phenoxy) is 1. The first-order valence-electron chi connectivity index (χ1n) is 3.12. The third-order valence-corrected chi connectivity index (χ3v) is 1.74. The number of hydrogen-bond donors (Lipinski definition) is 1. The predicted octanol–water partition coefficient (Wildman–Crippen LogP) is 0.588. The first-order chi connectivity index (χ1) is 3.80. The van der Waals surface area contributed by atoms with Gasteiger partial charge in [-0.2, -0.15) is 0 Å². The van der Waals surface area contributed by atoms with E-state index in [1.54, 1.807) is 0 Å². The van der Waals surface area contributed by atoms with Gasteiger partial charge in [0.05, 0.1) is 13.3 Å². The van der Waals surface area contributed by atoms with Gasteiger partial charge in [-0.1, -0.05) is 6.92 Å². The molecule has 1 heterocycles. The van der Waals surface area contributed by atoms with Gasteiger partial charge >= 0.3 is 0 Å². The lowest BCUT2D eigenvalue weighted by Gasteiger charge is -2.26. The molecule has 2 heteroatoms. The molecule has 1 aliphatic rings. The van der Waals surface area contributed by atoms with Gasteiger partial charge in [-0.05, 0) is 12.8 Å². The van der Waals surface area contributed by atoms with Crippen molar-refractivity contribution in [3.63, 3.8) is 0 Å². The highest BCUT2D eigenvalue weighted by atomic mass is 16.5. The maximum Gasteiger partial charge on any atom is 0.0967 e. The zero-order valence-electron chi connectivity index (χ0n) is 5.48. The van der Waals surface area contributed by atoms with Crippen LogP contribution < -0.4 is 5.32 Å². The lowest BCUT2D eigenvalue weighted by molar-refractivity contribution is 0.0288. The minimum absolute atomic E-state index is 0.628. The van der Waals surface area contributed by atoms with Crippen LogP contribution in [0.1, 0.15) is 13.8 Å². The van der Waals surface area contributed by atoms with Crippen molar-refractivity contribution in [2.75, 3.05) is 13.3 Å². The lowest BCUT2D eigenvalue weighted by atomic mass is 10.0. The quantitative estimate of drug-likeness (QED) is 0.499. The molecule has 1 fully saturated rings. The van der Waals surface area contributed by atoms with Crippen LogP contribution in [-0.2, 0) is 4.74 Å². The Morgan fingerprint density at radius 1 is 1.50 bits per heavy atom.